The van der Waals surface area contributed by atoms with Crippen molar-refractivity contribution in [1.29, 1.82) is 0 Å². The van der Waals surface area contributed by atoms with Crippen molar-refractivity contribution >= 4 is 18.0 Å². The zero-order valence-corrected chi connectivity index (χ0v) is 23.6. The molecule has 3 unspecified atom stereocenters. The molecule has 0 aliphatic heterocycles. The number of amides is 2. The lowest BCUT2D eigenvalue weighted by molar-refractivity contribution is -0.147. The van der Waals surface area contributed by atoms with Gasteiger partial charge in [0.1, 0.15) is 6.61 Å². The van der Waals surface area contributed by atoms with E-state index in [0.29, 0.717) is 18.8 Å². The molecule has 3 aliphatic carbocycles. The highest BCUT2D eigenvalue weighted by atomic mass is 16.5. The van der Waals surface area contributed by atoms with Crippen LogP contribution in [0.2, 0.25) is 0 Å². The van der Waals surface area contributed by atoms with Crippen LogP contribution in [0.4, 0.5) is 4.79 Å². The molecule has 3 N–H and O–H groups in total. The Hall–Kier alpha value is -4.17. The summed E-state index contributed by atoms with van der Waals surface area (Å²) in [5.41, 5.74) is 5.63. The first kappa shape index (κ1) is 28.0. The molecule has 42 heavy (non-hydrogen) atoms. The van der Waals surface area contributed by atoms with Gasteiger partial charge in [-0.1, -0.05) is 78.9 Å². The quantitative estimate of drug-likeness (QED) is 0.313. The number of aliphatic carboxylic acids is 1. The van der Waals surface area contributed by atoms with Crippen molar-refractivity contribution in [3.05, 3.63) is 95.6 Å². The van der Waals surface area contributed by atoms with Crippen LogP contribution in [-0.2, 0) is 25.7 Å². The third-order valence-electron chi connectivity index (χ3n) is 9.23. The maximum absolute atomic E-state index is 13.1. The van der Waals surface area contributed by atoms with Crippen molar-refractivity contribution in [3.63, 3.8) is 0 Å². The largest absolute Gasteiger partial charge is 0.480 e. The number of hydrogen-bond donors (Lipinski definition) is 3. The van der Waals surface area contributed by atoms with E-state index in [-0.39, 0.29) is 42.9 Å². The summed E-state index contributed by atoms with van der Waals surface area (Å²) in [5.74, 6) is -1.19. The lowest BCUT2D eigenvalue weighted by Crippen LogP contribution is -2.50. The molecule has 0 heterocycles. The second kappa shape index (κ2) is 12.0. The summed E-state index contributed by atoms with van der Waals surface area (Å²) < 4.78 is 11.5. The third-order valence-corrected chi connectivity index (χ3v) is 9.23. The van der Waals surface area contributed by atoms with Crippen molar-refractivity contribution in [2.75, 3.05) is 6.61 Å². The molecule has 2 fully saturated rings. The van der Waals surface area contributed by atoms with Crippen LogP contribution in [0.3, 0.4) is 0 Å². The first-order valence-corrected chi connectivity index (χ1v) is 14.7. The van der Waals surface area contributed by atoms with Crippen LogP contribution >= 0.6 is 0 Å². The van der Waals surface area contributed by atoms with Gasteiger partial charge >= 0.3 is 12.1 Å². The highest BCUT2D eigenvalue weighted by molar-refractivity contribution is 5.85. The average Bonchev–Trinajstić information content (AvgIpc) is 3.51. The van der Waals surface area contributed by atoms with E-state index in [4.69, 9.17) is 9.47 Å². The Kier molecular flexibility index (Phi) is 7.98. The molecule has 2 amide bonds. The van der Waals surface area contributed by atoms with Crippen molar-refractivity contribution in [3.8, 4) is 11.1 Å². The first-order chi connectivity index (χ1) is 20.4. The number of fused-ring (bicyclic) bond motifs is 4. The number of alkyl carbamates (subject to hydrolysis) is 1. The Morgan fingerprint density at radius 2 is 1.52 bits per heavy atom. The number of carboxylic acid groups (broad SMARTS) is 1. The van der Waals surface area contributed by atoms with Crippen molar-refractivity contribution in [2.24, 2.45) is 17.8 Å². The fraction of sp³-hybridized carbons (Fsp3) is 0.382. The standard InChI is InChI=1S/C34H36N2O6/c1-20(41-18-21-9-3-2-4-10-21)31(33(38)39)36-32(37)23-15-22-17-30(28(22)16-23)35-34(40)42-19-29-26-13-7-5-11-24(26)25-12-6-8-14-27(25)29/h2-14,20,22-23,28-31H,15-19H2,1H3,(H,35,40)(H,36,37)(H,38,39)/t20?,22-,23?,28-,30+,31?/m1/s1. The van der Waals surface area contributed by atoms with Gasteiger partial charge < -0.3 is 25.2 Å². The summed E-state index contributed by atoms with van der Waals surface area (Å²) in [6.07, 6.45) is 0.940. The molecule has 0 bridgehead atoms. The first-order valence-electron chi connectivity index (χ1n) is 14.7. The molecular formula is C34H36N2O6. The zero-order valence-electron chi connectivity index (χ0n) is 23.6. The summed E-state index contributed by atoms with van der Waals surface area (Å²) in [7, 11) is 0. The van der Waals surface area contributed by atoms with E-state index in [1.54, 1.807) is 6.92 Å². The van der Waals surface area contributed by atoms with Crippen LogP contribution in [0, 0.1) is 17.8 Å². The van der Waals surface area contributed by atoms with Crippen LogP contribution < -0.4 is 10.6 Å². The van der Waals surface area contributed by atoms with Gasteiger partial charge in [-0.25, -0.2) is 9.59 Å². The van der Waals surface area contributed by atoms with Crippen molar-refractivity contribution in [1.82, 2.24) is 10.6 Å². The number of carbonyl (C=O) groups excluding carboxylic acids is 2. The van der Waals surface area contributed by atoms with Gasteiger partial charge in [0.05, 0.1) is 12.7 Å². The van der Waals surface area contributed by atoms with Crippen LogP contribution in [0.15, 0.2) is 78.9 Å². The Labute approximate surface area is 245 Å². The number of ether oxygens (including phenoxy) is 2. The van der Waals surface area contributed by atoms with Gasteiger partial charge in [-0.3, -0.25) is 4.79 Å². The van der Waals surface area contributed by atoms with Crippen molar-refractivity contribution in [2.45, 2.75) is 56.9 Å². The monoisotopic (exact) mass is 568 g/mol. The Balaban J connectivity index is 0.985. The van der Waals surface area contributed by atoms with Gasteiger partial charge in [0.2, 0.25) is 5.91 Å². The average molecular weight is 569 g/mol. The lowest BCUT2D eigenvalue weighted by Gasteiger charge is -2.40. The van der Waals surface area contributed by atoms with E-state index in [9.17, 15) is 19.5 Å². The second-order valence-corrected chi connectivity index (χ2v) is 11.7. The van der Waals surface area contributed by atoms with Crippen LogP contribution in [0.25, 0.3) is 11.1 Å². The van der Waals surface area contributed by atoms with Gasteiger partial charge in [-0.2, -0.15) is 0 Å². The summed E-state index contributed by atoms with van der Waals surface area (Å²) in [4.78, 5) is 37.8. The van der Waals surface area contributed by atoms with Gasteiger partial charge in [-0.15, -0.1) is 0 Å². The highest BCUT2D eigenvalue weighted by Crippen LogP contribution is 2.50. The van der Waals surface area contributed by atoms with E-state index in [0.717, 1.165) is 12.0 Å². The molecule has 6 atom stereocenters. The predicted octanol–water partition coefficient (Wildman–Crippen LogP) is 5.11. The molecule has 3 aromatic carbocycles. The van der Waals surface area contributed by atoms with Gasteiger partial charge in [0.25, 0.3) is 0 Å². The summed E-state index contributed by atoms with van der Waals surface area (Å²) in [6.45, 7) is 2.18. The van der Waals surface area contributed by atoms with E-state index in [1.165, 1.54) is 22.3 Å². The SMILES string of the molecule is CC(OCc1ccccc1)C(NC(=O)C1C[C@@H]2C[C@H](NC(=O)OCC3c4ccccc4-c4ccccc43)[C@@H]2C1)C(=O)O. The number of carbonyl (C=O) groups is 3. The van der Waals surface area contributed by atoms with E-state index < -0.39 is 24.2 Å². The molecule has 0 spiro atoms. The molecular weight excluding hydrogens is 532 g/mol. The number of nitrogens with one attached hydrogen (secondary N) is 2. The summed E-state index contributed by atoms with van der Waals surface area (Å²) >= 11 is 0. The highest BCUT2D eigenvalue weighted by Gasteiger charge is 2.50. The molecule has 2 saturated carbocycles. The summed E-state index contributed by atoms with van der Waals surface area (Å²) in [6, 6.07) is 24.8. The van der Waals surface area contributed by atoms with Crippen LogP contribution in [0.5, 0.6) is 0 Å². The van der Waals surface area contributed by atoms with Gasteiger partial charge in [0.15, 0.2) is 6.04 Å². The van der Waals surface area contributed by atoms with E-state index in [2.05, 4.69) is 34.9 Å². The van der Waals surface area contributed by atoms with Gasteiger partial charge in [-0.05, 0) is 65.8 Å². The van der Waals surface area contributed by atoms with Crippen LogP contribution in [0.1, 0.15) is 48.8 Å². The number of benzene rings is 3. The molecule has 0 saturated heterocycles. The smallest absolute Gasteiger partial charge is 0.407 e. The number of rotatable bonds is 10. The third kappa shape index (κ3) is 5.63. The number of carboxylic acids is 1. The second-order valence-electron chi connectivity index (χ2n) is 11.7. The molecule has 6 rings (SSSR count). The fourth-order valence-corrected chi connectivity index (χ4v) is 6.95. The molecule has 218 valence electrons. The predicted molar refractivity (Wildman–Crippen MR) is 157 cm³/mol. The molecule has 0 radical (unpaired) electrons. The molecule has 8 nitrogen and oxygen atoms in total. The lowest BCUT2D eigenvalue weighted by atomic mass is 9.71. The maximum Gasteiger partial charge on any atom is 0.407 e. The summed E-state index contributed by atoms with van der Waals surface area (Å²) in [5, 5.41) is 15.5. The Morgan fingerprint density at radius 1 is 0.881 bits per heavy atom. The molecule has 3 aliphatic rings. The number of hydrogen-bond acceptors (Lipinski definition) is 5. The van der Waals surface area contributed by atoms with Crippen LogP contribution in [-0.4, -0.2) is 47.9 Å². The topological polar surface area (TPSA) is 114 Å². The van der Waals surface area contributed by atoms with Gasteiger partial charge in [0, 0.05) is 17.9 Å². The minimum Gasteiger partial charge on any atom is -0.480 e. The fourth-order valence-electron chi connectivity index (χ4n) is 6.95. The van der Waals surface area contributed by atoms with Crippen molar-refractivity contribution < 1.29 is 29.0 Å². The zero-order chi connectivity index (χ0) is 29.2. The normalized spacial score (nSPS) is 23.5. The molecule has 3 aromatic rings. The van der Waals surface area contributed by atoms with E-state index >= 15 is 0 Å². The van der Waals surface area contributed by atoms with E-state index in [1.807, 2.05) is 54.6 Å². The minimum atomic E-state index is -1.14. The molecule has 0 aromatic heterocycles. The molecule has 8 heteroatoms. The minimum absolute atomic E-state index is 0.00177. The Bertz CT molecular complexity index is 1410. The Morgan fingerprint density at radius 3 is 2.19 bits per heavy atom. The maximum atomic E-state index is 13.1.